The molecule has 50 valence electrons. The largest absolute Gasteiger partial charge is 0.396 e. The van der Waals surface area contributed by atoms with Crippen LogP contribution in [-0.4, -0.2) is 23.9 Å². The Morgan fingerprint density at radius 3 is 2.78 bits per heavy atom. The monoisotopic (exact) mass is 126 g/mol. The van der Waals surface area contributed by atoms with Crippen molar-refractivity contribution in [1.82, 2.24) is 0 Å². The lowest BCUT2D eigenvalue weighted by atomic mass is 9.95. The standard InChI is InChI=1S/C7H10O2/c8-4-5-3-6-1-2-7(5)9-6/h1-2,5-8H,3-4H2/t5-,6+,7+/m1/s1. The van der Waals surface area contributed by atoms with Crippen molar-refractivity contribution in [3.8, 4) is 0 Å². The molecule has 0 aliphatic carbocycles. The third kappa shape index (κ3) is 0.705. The normalized spacial score (nSPS) is 46.6. The minimum absolute atomic E-state index is 0.222. The van der Waals surface area contributed by atoms with Crippen LogP contribution in [0.4, 0.5) is 0 Å². The third-order valence-electron chi connectivity index (χ3n) is 2.08. The summed E-state index contributed by atoms with van der Waals surface area (Å²) in [6.45, 7) is 0.269. The number of hydrogen-bond acceptors (Lipinski definition) is 2. The van der Waals surface area contributed by atoms with E-state index in [1.54, 1.807) is 0 Å². The molecule has 0 unspecified atom stereocenters. The average molecular weight is 126 g/mol. The molecule has 0 radical (unpaired) electrons. The molecule has 1 fully saturated rings. The highest BCUT2D eigenvalue weighted by atomic mass is 16.5. The summed E-state index contributed by atoms with van der Waals surface area (Å²) in [6, 6.07) is 0. The fourth-order valence-corrected chi connectivity index (χ4v) is 1.54. The summed E-state index contributed by atoms with van der Waals surface area (Å²) in [7, 11) is 0. The van der Waals surface area contributed by atoms with Gasteiger partial charge in [-0.15, -0.1) is 0 Å². The fourth-order valence-electron chi connectivity index (χ4n) is 1.54. The summed E-state index contributed by atoms with van der Waals surface area (Å²) in [5.74, 6) is 0.375. The van der Waals surface area contributed by atoms with Crippen LogP contribution in [0.1, 0.15) is 6.42 Å². The fraction of sp³-hybridized carbons (Fsp3) is 0.714. The van der Waals surface area contributed by atoms with Gasteiger partial charge in [-0.2, -0.15) is 0 Å². The van der Waals surface area contributed by atoms with E-state index < -0.39 is 0 Å². The summed E-state index contributed by atoms with van der Waals surface area (Å²) in [6.07, 6.45) is 5.68. The molecule has 0 aromatic rings. The zero-order valence-corrected chi connectivity index (χ0v) is 5.16. The molecular weight excluding hydrogens is 116 g/mol. The molecule has 2 aliphatic heterocycles. The molecule has 0 amide bonds. The summed E-state index contributed by atoms with van der Waals surface area (Å²) in [5.41, 5.74) is 0. The smallest absolute Gasteiger partial charge is 0.0815 e. The van der Waals surface area contributed by atoms with Gasteiger partial charge in [-0.25, -0.2) is 0 Å². The van der Waals surface area contributed by atoms with E-state index in [0.717, 1.165) is 6.42 Å². The van der Waals surface area contributed by atoms with Crippen LogP contribution in [0.5, 0.6) is 0 Å². The Morgan fingerprint density at radius 1 is 1.56 bits per heavy atom. The van der Waals surface area contributed by atoms with E-state index >= 15 is 0 Å². The van der Waals surface area contributed by atoms with Gasteiger partial charge in [-0.05, 0) is 6.42 Å². The molecule has 2 aliphatic rings. The van der Waals surface area contributed by atoms with Gasteiger partial charge in [-0.3, -0.25) is 0 Å². The van der Waals surface area contributed by atoms with Crippen LogP contribution in [-0.2, 0) is 4.74 Å². The summed E-state index contributed by atoms with van der Waals surface area (Å²) in [4.78, 5) is 0. The van der Waals surface area contributed by atoms with E-state index in [1.807, 2.05) is 0 Å². The maximum absolute atomic E-state index is 8.77. The van der Waals surface area contributed by atoms with Crippen molar-refractivity contribution in [1.29, 1.82) is 0 Å². The Kier molecular flexibility index (Phi) is 1.10. The molecular formula is C7H10O2. The minimum Gasteiger partial charge on any atom is -0.396 e. The summed E-state index contributed by atoms with van der Waals surface area (Å²) >= 11 is 0. The van der Waals surface area contributed by atoms with Crippen molar-refractivity contribution in [2.24, 2.45) is 5.92 Å². The number of fused-ring (bicyclic) bond motifs is 2. The molecule has 0 aromatic heterocycles. The molecule has 2 heteroatoms. The first-order valence-electron chi connectivity index (χ1n) is 3.35. The highest BCUT2D eigenvalue weighted by Gasteiger charge is 2.35. The van der Waals surface area contributed by atoms with Gasteiger partial charge in [0.25, 0.3) is 0 Å². The first-order chi connectivity index (χ1) is 4.40. The van der Waals surface area contributed by atoms with Crippen LogP contribution < -0.4 is 0 Å². The Bertz CT molecular complexity index is 142. The quantitative estimate of drug-likeness (QED) is 0.513. The molecule has 0 aromatic carbocycles. The molecule has 3 atom stereocenters. The van der Waals surface area contributed by atoms with E-state index in [-0.39, 0.29) is 12.7 Å². The number of rotatable bonds is 1. The van der Waals surface area contributed by atoms with Crippen LogP contribution in [0.25, 0.3) is 0 Å². The van der Waals surface area contributed by atoms with Gasteiger partial charge < -0.3 is 9.84 Å². The van der Waals surface area contributed by atoms with Crippen molar-refractivity contribution in [3.63, 3.8) is 0 Å². The number of ether oxygens (including phenoxy) is 1. The number of aliphatic hydroxyl groups excluding tert-OH is 1. The van der Waals surface area contributed by atoms with Crippen LogP contribution in [0.2, 0.25) is 0 Å². The summed E-state index contributed by atoms with van der Waals surface area (Å²) in [5, 5.41) is 8.77. The van der Waals surface area contributed by atoms with Gasteiger partial charge >= 0.3 is 0 Å². The van der Waals surface area contributed by atoms with Crippen molar-refractivity contribution in [3.05, 3.63) is 12.2 Å². The first kappa shape index (κ1) is 5.45. The predicted octanol–water partition coefficient (Wildman–Crippen LogP) is 0.322. The first-order valence-corrected chi connectivity index (χ1v) is 3.35. The number of aliphatic hydroxyl groups is 1. The van der Waals surface area contributed by atoms with E-state index in [2.05, 4.69) is 12.2 Å². The van der Waals surface area contributed by atoms with Crippen LogP contribution in [0.15, 0.2) is 12.2 Å². The third-order valence-corrected chi connectivity index (χ3v) is 2.08. The lowest BCUT2D eigenvalue weighted by Crippen LogP contribution is -2.16. The molecule has 1 N–H and O–H groups in total. The second kappa shape index (κ2) is 1.82. The second-order valence-corrected chi connectivity index (χ2v) is 2.70. The average Bonchev–Trinajstić information content (AvgIpc) is 2.45. The zero-order chi connectivity index (χ0) is 6.27. The highest BCUT2D eigenvalue weighted by molar-refractivity contribution is 5.10. The lowest BCUT2D eigenvalue weighted by molar-refractivity contribution is 0.0949. The SMILES string of the molecule is OC[C@H]1C[C@@H]2C=C[C@@H]1O2. The van der Waals surface area contributed by atoms with E-state index in [1.165, 1.54) is 0 Å². The molecule has 2 heterocycles. The molecule has 0 saturated carbocycles. The van der Waals surface area contributed by atoms with Crippen LogP contribution in [0, 0.1) is 5.92 Å². The van der Waals surface area contributed by atoms with Gasteiger partial charge in [0.2, 0.25) is 0 Å². The molecule has 1 saturated heterocycles. The van der Waals surface area contributed by atoms with E-state index in [9.17, 15) is 0 Å². The topological polar surface area (TPSA) is 29.5 Å². The Balaban J connectivity index is 2.10. The van der Waals surface area contributed by atoms with Crippen molar-refractivity contribution in [2.45, 2.75) is 18.6 Å². The Morgan fingerprint density at radius 2 is 2.44 bits per heavy atom. The molecule has 0 spiro atoms. The van der Waals surface area contributed by atoms with Gasteiger partial charge in [0.05, 0.1) is 12.2 Å². The summed E-state index contributed by atoms with van der Waals surface area (Å²) < 4.78 is 5.40. The van der Waals surface area contributed by atoms with Gasteiger partial charge in [-0.1, -0.05) is 12.2 Å². The zero-order valence-electron chi connectivity index (χ0n) is 5.16. The molecule has 2 nitrogen and oxygen atoms in total. The van der Waals surface area contributed by atoms with E-state index in [0.29, 0.717) is 12.0 Å². The van der Waals surface area contributed by atoms with E-state index in [4.69, 9.17) is 9.84 Å². The Labute approximate surface area is 54.1 Å². The van der Waals surface area contributed by atoms with Crippen molar-refractivity contribution in [2.75, 3.05) is 6.61 Å². The molecule has 2 bridgehead atoms. The Hall–Kier alpha value is -0.340. The van der Waals surface area contributed by atoms with Gasteiger partial charge in [0.15, 0.2) is 0 Å². The minimum atomic E-state index is 0.222. The van der Waals surface area contributed by atoms with Gasteiger partial charge in [0, 0.05) is 12.5 Å². The van der Waals surface area contributed by atoms with Crippen molar-refractivity contribution >= 4 is 0 Å². The molecule has 2 rings (SSSR count). The maximum atomic E-state index is 8.77. The van der Waals surface area contributed by atoms with Gasteiger partial charge in [0.1, 0.15) is 0 Å². The predicted molar refractivity (Wildman–Crippen MR) is 33.0 cm³/mol. The maximum Gasteiger partial charge on any atom is 0.0815 e. The molecule has 9 heavy (non-hydrogen) atoms. The van der Waals surface area contributed by atoms with Crippen molar-refractivity contribution < 1.29 is 9.84 Å². The van der Waals surface area contributed by atoms with Crippen LogP contribution in [0.3, 0.4) is 0 Å². The lowest BCUT2D eigenvalue weighted by Gasteiger charge is -2.10. The number of hydrogen-bond donors (Lipinski definition) is 1. The highest BCUT2D eigenvalue weighted by Crippen LogP contribution is 2.32. The second-order valence-electron chi connectivity index (χ2n) is 2.70. The van der Waals surface area contributed by atoms with Crippen LogP contribution >= 0.6 is 0 Å².